The molecule has 2 saturated heterocycles. The van der Waals surface area contributed by atoms with Crippen LogP contribution in [-0.2, 0) is 14.6 Å². The Balaban J connectivity index is 1.39. The number of hydrogen-bond donors (Lipinski definition) is 0. The summed E-state index contributed by atoms with van der Waals surface area (Å²) in [6.45, 7) is 2.57. The van der Waals surface area contributed by atoms with E-state index in [2.05, 4.69) is 0 Å². The number of sulfone groups is 1. The first-order valence-electron chi connectivity index (χ1n) is 10.4. The minimum atomic E-state index is -3.48. The largest absolute Gasteiger partial charge is 0.339 e. The molecule has 1 aromatic heterocycles. The topological polar surface area (TPSA) is 74.8 Å². The van der Waals surface area contributed by atoms with Crippen LogP contribution in [0, 0.1) is 5.41 Å². The van der Waals surface area contributed by atoms with E-state index in [0.29, 0.717) is 26.2 Å². The Bertz CT molecular complexity index is 1100. The van der Waals surface area contributed by atoms with Crippen LogP contribution in [0.15, 0.2) is 52.1 Å². The first-order valence-corrected chi connectivity index (χ1v) is 13.2. The van der Waals surface area contributed by atoms with Gasteiger partial charge in [-0.25, -0.2) is 8.42 Å². The fourth-order valence-corrected chi connectivity index (χ4v) is 6.01. The van der Waals surface area contributed by atoms with Crippen LogP contribution in [0.25, 0.3) is 6.08 Å². The van der Waals surface area contributed by atoms with E-state index < -0.39 is 9.84 Å². The van der Waals surface area contributed by atoms with Crippen molar-refractivity contribution < 1.29 is 18.0 Å². The highest BCUT2D eigenvalue weighted by Gasteiger charge is 2.43. The lowest BCUT2D eigenvalue weighted by atomic mass is 9.78. The molecule has 2 aliphatic rings. The van der Waals surface area contributed by atoms with Crippen molar-refractivity contribution >= 4 is 39.1 Å². The molecule has 4 rings (SSSR count). The van der Waals surface area contributed by atoms with Crippen molar-refractivity contribution in [1.29, 1.82) is 0 Å². The number of thiophene rings is 1. The molecular formula is C23H26N2O4S2. The normalized spacial score (nSPS) is 18.7. The van der Waals surface area contributed by atoms with Crippen molar-refractivity contribution in [2.75, 3.05) is 32.4 Å². The van der Waals surface area contributed by atoms with Gasteiger partial charge in [0.15, 0.2) is 9.84 Å². The van der Waals surface area contributed by atoms with E-state index in [1.165, 1.54) is 6.07 Å². The van der Waals surface area contributed by atoms with Crippen LogP contribution in [0.3, 0.4) is 0 Å². The van der Waals surface area contributed by atoms with Crippen LogP contribution in [0.2, 0.25) is 0 Å². The summed E-state index contributed by atoms with van der Waals surface area (Å²) in [5.74, 6) is -0.204. The Labute approximate surface area is 187 Å². The maximum Gasteiger partial charge on any atom is 0.255 e. The lowest BCUT2D eigenvalue weighted by Crippen LogP contribution is -2.44. The molecule has 2 fully saturated rings. The predicted octanol–water partition coefficient (Wildman–Crippen LogP) is 3.32. The van der Waals surface area contributed by atoms with Crippen molar-refractivity contribution in [3.63, 3.8) is 0 Å². The van der Waals surface area contributed by atoms with Crippen LogP contribution >= 0.6 is 11.3 Å². The second-order valence-corrected chi connectivity index (χ2v) is 11.2. The summed E-state index contributed by atoms with van der Waals surface area (Å²) in [4.78, 5) is 29.3. The molecule has 1 aromatic carbocycles. The lowest BCUT2D eigenvalue weighted by Gasteiger charge is -2.39. The van der Waals surface area contributed by atoms with E-state index in [1.807, 2.05) is 27.8 Å². The minimum Gasteiger partial charge on any atom is -0.339 e. The molecule has 31 heavy (non-hydrogen) atoms. The van der Waals surface area contributed by atoms with Crippen LogP contribution in [0.5, 0.6) is 0 Å². The highest BCUT2D eigenvalue weighted by Crippen LogP contribution is 2.41. The number of carbonyl (C=O) groups is 2. The minimum absolute atomic E-state index is 0.00352. The molecule has 0 atom stereocenters. The van der Waals surface area contributed by atoms with Crippen LogP contribution in [0.1, 0.15) is 35.2 Å². The Morgan fingerprint density at radius 1 is 1.03 bits per heavy atom. The summed E-state index contributed by atoms with van der Waals surface area (Å²) in [7, 11) is -3.48. The molecule has 8 heteroatoms. The average Bonchev–Trinajstić information content (AvgIpc) is 3.42. The third-order valence-corrected chi connectivity index (χ3v) is 8.20. The fraction of sp³-hybridized carbons (Fsp3) is 0.391. The number of piperidine rings is 1. The van der Waals surface area contributed by atoms with Gasteiger partial charge in [0, 0.05) is 38.5 Å². The molecule has 3 heterocycles. The van der Waals surface area contributed by atoms with Crippen molar-refractivity contribution in [3.05, 3.63) is 58.3 Å². The van der Waals surface area contributed by atoms with E-state index in [4.69, 9.17) is 0 Å². The Kier molecular flexibility index (Phi) is 6.03. The highest BCUT2D eigenvalue weighted by atomic mass is 32.2. The SMILES string of the molecule is CS(=O)(=O)c1ccccc1C(=O)N1CCC2(CCN(C(=O)/C=C/c3ccsc3)CC2)C1. The maximum absolute atomic E-state index is 13.1. The molecule has 0 bridgehead atoms. The van der Waals surface area contributed by atoms with Gasteiger partial charge in [-0.2, -0.15) is 11.3 Å². The number of benzene rings is 1. The molecule has 2 aromatic rings. The van der Waals surface area contributed by atoms with Gasteiger partial charge in [0.25, 0.3) is 5.91 Å². The van der Waals surface area contributed by atoms with Gasteiger partial charge >= 0.3 is 0 Å². The number of likely N-dealkylation sites (tertiary alicyclic amines) is 2. The van der Waals surface area contributed by atoms with E-state index in [1.54, 1.807) is 40.5 Å². The van der Waals surface area contributed by atoms with E-state index in [9.17, 15) is 18.0 Å². The molecule has 0 N–H and O–H groups in total. The van der Waals surface area contributed by atoms with Gasteiger partial charge in [-0.15, -0.1) is 0 Å². The van der Waals surface area contributed by atoms with E-state index >= 15 is 0 Å². The quantitative estimate of drug-likeness (QED) is 0.659. The van der Waals surface area contributed by atoms with Crippen molar-refractivity contribution in [2.24, 2.45) is 5.41 Å². The van der Waals surface area contributed by atoms with Crippen molar-refractivity contribution in [2.45, 2.75) is 24.2 Å². The maximum atomic E-state index is 13.1. The van der Waals surface area contributed by atoms with E-state index in [-0.39, 0.29) is 27.7 Å². The molecule has 0 aliphatic carbocycles. The Morgan fingerprint density at radius 3 is 2.35 bits per heavy atom. The second kappa shape index (κ2) is 8.59. The molecule has 2 aliphatic heterocycles. The van der Waals surface area contributed by atoms with Gasteiger partial charge in [-0.1, -0.05) is 12.1 Å². The number of hydrogen-bond acceptors (Lipinski definition) is 5. The third kappa shape index (κ3) is 4.75. The Hall–Kier alpha value is -2.45. The van der Waals surface area contributed by atoms with Gasteiger partial charge in [0.1, 0.15) is 0 Å². The predicted molar refractivity (Wildman–Crippen MR) is 122 cm³/mol. The monoisotopic (exact) mass is 458 g/mol. The van der Waals surface area contributed by atoms with Crippen LogP contribution in [0.4, 0.5) is 0 Å². The molecule has 0 radical (unpaired) electrons. The van der Waals surface area contributed by atoms with Crippen molar-refractivity contribution in [3.8, 4) is 0 Å². The number of carbonyl (C=O) groups excluding carboxylic acids is 2. The second-order valence-electron chi connectivity index (χ2n) is 8.46. The third-order valence-electron chi connectivity index (χ3n) is 6.34. The number of nitrogens with zero attached hydrogens (tertiary/aromatic N) is 2. The standard InChI is InChI=1S/C23H26N2O4S2/c1-31(28,29)20-5-3-2-4-19(20)22(27)25-14-11-23(17-25)9-12-24(13-10-23)21(26)7-6-18-8-15-30-16-18/h2-8,15-16H,9-14,17H2,1H3/b7-6+. The fourth-order valence-electron chi connectivity index (χ4n) is 4.50. The van der Waals surface area contributed by atoms with Crippen molar-refractivity contribution in [1.82, 2.24) is 9.80 Å². The molecule has 6 nitrogen and oxygen atoms in total. The molecule has 0 saturated carbocycles. The molecule has 1 spiro atoms. The smallest absolute Gasteiger partial charge is 0.255 e. The molecule has 164 valence electrons. The highest BCUT2D eigenvalue weighted by molar-refractivity contribution is 7.90. The van der Waals surface area contributed by atoms with E-state index in [0.717, 1.165) is 31.1 Å². The van der Waals surface area contributed by atoms with Gasteiger partial charge < -0.3 is 9.80 Å². The molecular weight excluding hydrogens is 432 g/mol. The summed E-state index contributed by atoms with van der Waals surface area (Å²) in [6.07, 6.45) is 7.19. The summed E-state index contributed by atoms with van der Waals surface area (Å²) in [6, 6.07) is 8.39. The number of rotatable bonds is 4. The van der Waals surface area contributed by atoms with Crippen LogP contribution < -0.4 is 0 Å². The first-order chi connectivity index (χ1) is 14.8. The van der Waals surface area contributed by atoms with Gasteiger partial charge in [0.2, 0.25) is 5.91 Å². The summed E-state index contributed by atoms with van der Waals surface area (Å²) >= 11 is 1.60. The van der Waals surface area contributed by atoms with Gasteiger partial charge in [-0.05, 0) is 65.3 Å². The summed E-state index contributed by atoms with van der Waals surface area (Å²) in [5, 5.41) is 3.98. The zero-order chi connectivity index (χ0) is 22.1. The zero-order valence-corrected chi connectivity index (χ0v) is 19.1. The lowest BCUT2D eigenvalue weighted by molar-refractivity contribution is -0.128. The summed E-state index contributed by atoms with van der Waals surface area (Å²) < 4.78 is 24.2. The molecule has 2 amide bonds. The van der Waals surface area contributed by atoms with Gasteiger partial charge in [0.05, 0.1) is 10.5 Å². The first kappa shape index (κ1) is 21.8. The summed E-state index contributed by atoms with van der Waals surface area (Å²) in [5.41, 5.74) is 1.28. The molecule has 0 unspecified atom stereocenters. The zero-order valence-electron chi connectivity index (χ0n) is 17.5. The number of amides is 2. The van der Waals surface area contributed by atoms with Crippen LogP contribution in [-0.4, -0.2) is 62.5 Å². The van der Waals surface area contributed by atoms with Gasteiger partial charge in [-0.3, -0.25) is 9.59 Å². The Morgan fingerprint density at radius 2 is 1.71 bits per heavy atom. The average molecular weight is 459 g/mol.